The van der Waals surface area contributed by atoms with Gasteiger partial charge in [0.1, 0.15) is 0 Å². The molecule has 24 heavy (non-hydrogen) atoms. The average Bonchev–Trinajstić information content (AvgIpc) is 2.49. The van der Waals surface area contributed by atoms with Crippen LogP contribution in [-0.2, 0) is 25.7 Å². The van der Waals surface area contributed by atoms with E-state index in [0.717, 1.165) is 5.56 Å². The fraction of sp³-hybridized carbons (Fsp3) is 0.333. The zero-order valence-electron chi connectivity index (χ0n) is 12.3. The highest BCUT2D eigenvalue weighted by atomic mass is 35.5. The standard InChI is InChI=1S/C15H12Cl2F3N3O/c16-9-2-1-8(11(17)5-9)6-23-4-3-12-10(7-23)13(24)22-14(21-12)15(18,19)20/h1-2,5H,3-4,6-7H2,(H,21,22,24). The number of H-pyrrole nitrogens is 1. The van der Waals surface area contributed by atoms with E-state index in [1.165, 1.54) is 0 Å². The Bertz CT molecular complexity index is 836. The van der Waals surface area contributed by atoms with Gasteiger partial charge in [0.2, 0.25) is 5.82 Å². The van der Waals surface area contributed by atoms with Crippen molar-refractivity contribution in [1.29, 1.82) is 0 Å². The molecule has 0 unspecified atom stereocenters. The number of alkyl halides is 3. The molecular weight excluding hydrogens is 366 g/mol. The Morgan fingerprint density at radius 2 is 2.04 bits per heavy atom. The van der Waals surface area contributed by atoms with Gasteiger partial charge in [-0.2, -0.15) is 13.2 Å². The first-order chi connectivity index (χ1) is 11.2. The average molecular weight is 378 g/mol. The number of fused-ring (bicyclic) bond motifs is 1. The number of rotatable bonds is 2. The summed E-state index contributed by atoms with van der Waals surface area (Å²) >= 11 is 12.0. The highest BCUT2D eigenvalue weighted by molar-refractivity contribution is 6.35. The van der Waals surface area contributed by atoms with E-state index >= 15 is 0 Å². The van der Waals surface area contributed by atoms with Gasteiger partial charge in [-0.3, -0.25) is 9.69 Å². The number of hydrogen-bond acceptors (Lipinski definition) is 3. The number of nitrogens with zero attached hydrogens (tertiary/aromatic N) is 2. The van der Waals surface area contributed by atoms with Crippen LogP contribution >= 0.6 is 23.2 Å². The number of aromatic nitrogens is 2. The fourth-order valence-corrected chi connectivity index (χ4v) is 3.11. The van der Waals surface area contributed by atoms with E-state index in [1.807, 2.05) is 9.88 Å². The second-order valence-corrected chi connectivity index (χ2v) is 6.38. The van der Waals surface area contributed by atoms with Crippen LogP contribution in [0, 0.1) is 0 Å². The van der Waals surface area contributed by atoms with Crippen molar-refractivity contribution in [3.63, 3.8) is 0 Å². The van der Waals surface area contributed by atoms with Gasteiger partial charge < -0.3 is 4.98 Å². The zero-order chi connectivity index (χ0) is 17.5. The van der Waals surface area contributed by atoms with Gasteiger partial charge in [-0.15, -0.1) is 0 Å². The van der Waals surface area contributed by atoms with E-state index in [0.29, 0.717) is 23.1 Å². The first-order valence-corrected chi connectivity index (χ1v) is 7.85. The number of aromatic amines is 1. The minimum Gasteiger partial charge on any atom is -0.303 e. The van der Waals surface area contributed by atoms with Crippen molar-refractivity contribution >= 4 is 23.2 Å². The third kappa shape index (κ3) is 3.58. The molecule has 0 saturated heterocycles. The first kappa shape index (κ1) is 17.3. The largest absolute Gasteiger partial charge is 0.449 e. The van der Waals surface area contributed by atoms with Crippen LogP contribution in [0.4, 0.5) is 13.2 Å². The monoisotopic (exact) mass is 377 g/mol. The Hall–Kier alpha value is -1.57. The molecule has 0 bridgehead atoms. The van der Waals surface area contributed by atoms with Gasteiger partial charge in [-0.25, -0.2) is 4.98 Å². The molecule has 1 aliphatic heterocycles. The summed E-state index contributed by atoms with van der Waals surface area (Å²) < 4.78 is 38.1. The van der Waals surface area contributed by atoms with Crippen molar-refractivity contribution in [1.82, 2.24) is 14.9 Å². The lowest BCUT2D eigenvalue weighted by atomic mass is 10.1. The van der Waals surface area contributed by atoms with Crippen LogP contribution in [0.2, 0.25) is 10.0 Å². The summed E-state index contributed by atoms with van der Waals surface area (Å²) in [6, 6.07) is 5.13. The summed E-state index contributed by atoms with van der Waals surface area (Å²) in [6.07, 6.45) is -4.39. The minimum atomic E-state index is -4.66. The van der Waals surface area contributed by atoms with Crippen molar-refractivity contribution in [2.24, 2.45) is 0 Å². The number of halogens is 5. The van der Waals surface area contributed by atoms with Crippen LogP contribution in [0.25, 0.3) is 0 Å². The molecule has 9 heteroatoms. The second-order valence-electron chi connectivity index (χ2n) is 5.53. The van der Waals surface area contributed by atoms with E-state index < -0.39 is 17.6 Å². The van der Waals surface area contributed by atoms with Crippen molar-refractivity contribution in [3.8, 4) is 0 Å². The molecule has 3 rings (SSSR count). The quantitative estimate of drug-likeness (QED) is 0.868. The molecule has 0 saturated carbocycles. The Kier molecular flexibility index (Phi) is 4.59. The molecule has 128 valence electrons. The first-order valence-electron chi connectivity index (χ1n) is 7.09. The molecule has 4 nitrogen and oxygen atoms in total. The maximum atomic E-state index is 12.7. The van der Waals surface area contributed by atoms with Crippen LogP contribution in [0.1, 0.15) is 22.6 Å². The Labute approximate surface area is 145 Å². The minimum absolute atomic E-state index is 0.199. The Balaban J connectivity index is 1.83. The molecule has 0 spiro atoms. The van der Waals surface area contributed by atoms with E-state index in [-0.39, 0.29) is 24.2 Å². The maximum Gasteiger partial charge on any atom is 0.449 e. The zero-order valence-corrected chi connectivity index (χ0v) is 13.8. The van der Waals surface area contributed by atoms with Crippen molar-refractivity contribution in [2.75, 3.05) is 6.54 Å². The van der Waals surface area contributed by atoms with Crippen molar-refractivity contribution in [3.05, 3.63) is 61.2 Å². The summed E-state index contributed by atoms with van der Waals surface area (Å²) in [5.74, 6) is -1.25. The van der Waals surface area contributed by atoms with Crippen LogP contribution in [0.15, 0.2) is 23.0 Å². The number of nitrogens with one attached hydrogen (secondary N) is 1. The van der Waals surface area contributed by atoms with E-state index in [9.17, 15) is 18.0 Å². The lowest BCUT2D eigenvalue weighted by Gasteiger charge is -2.28. The molecule has 1 aromatic heterocycles. The van der Waals surface area contributed by atoms with E-state index in [2.05, 4.69) is 4.98 Å². The molecule has 0 radical (unpaired) electrons. The predicted octanol–water partition coefficient (Wildman–Crippen LogP) is 3.65. The molecule has 1 aromatic carbocycles. The molecule has 2 heterocycles. The third-order valence-electron chi connectivity index (χ3n) is 3.83. The van der Waals surface area contributed by atoms with E-state index in [1.54, 1.807) is 18.2 Å². The Morgan fingerprint density at radius 1 is 1.29 bits per heavy atom. The molecule has 0 amide bonds. The summed E-state index contributed by atoms with van der Waals surface area (Å²) in [7, 11) is 0. The third-order valence-corrected chi connectivity index (χ3v) is 4.41. The van der Waals surface area contributed by atoms with Crippen molar-refractivity contribution < 1.29 is 13.2 Å². The summed E-state index contributed by atoms with van der Waals surface area (Å²) in [4.78, 5) is 19.3. The van der Waals surface area contributed by atoms with Crippen LogP contribution < -0.4 is 5.56 Å². The topological polar surface area (TPSA) is 49.0 Å². The molecule has 1 aliphatic rings. The molecule has 0 aliphatic carbocycles. The van der Waals surface area contributed by atoms with Gasteiger partial charge in [0.05, 0.1) is 11.3 Å². The summed E-state index contributed by atoms with van der Waals surface area (Å²) in [5, 5.41) is 1.03. The smallest absolute Gasteiger partial charge is 0.303 e. The van der Waals surface area contributed by atoms with E-state index in [4.69, 9.17) is 23.2 Å². The molecule has 0 atom stereocenters. The SMILES string of the molecule is O=c1[nH]c(C(F)(F)F)nc2c1CN(Cc1ccc(Cl)cc1Cl)CC2. The molecular formula is C15H12Cl2F3N3O. The fourth-order valence-electron chi connectivity index (χ4n) is 2.64. The van der Waals surface area contributed by atoms with Gasteiger partial charge >= 0.3 is 6.18 Å². The van der Waals surface area contributed by atoms with Gasteiger partial charge in [0, 0.05) is 36.1 Å². The molecule has 0 fully saturated rings. The number of benzene rings is 1. The van der Waals surface area contributed by atoms with Gasteiger partial charge in [0.25, 0.3) is 5.56 Å². The van der Waals surface area contributed by atoms with Gasteiger partial charge in [0.15, 0.2) is 0 Å². The summed E-state index contributed by atoms with van der Waals surface area (Å²) in [5.41, 5.74) is 0.545. The molecule has 1 N–H and O–H groups in total. The maximum absolute atomic E-state index is 12.7. The van der Waals surface area contributed by atoms with Crippen molar-refractivity contribution in [2.45, 2.75) is 25.7 Å². The highest BCUT2D eigenvalue weighted by Gasteiger charge is 2.35. The molecule has 2 aromatic rings. The lowest BCUT2D eigenvalue weighted by Crippen LogP contribution is -2.36. The number of hydrogen-bond donors (Lipinski definition) is 1. The van der Waals surface area contributed by atoms with Crippen LogP contribution in [0.5, 0.6) is 0 Å². The lowest BCUT2D eigenvalue weighted by molar-refractivity contribution is -0.145. The highest BCUT2D eigenvalue weighted by Crippen LogP contribution is 2.27. The van der Waals surface area contributed by atoms with Crippen LogP contribution in [-0.4, -0.2) is 21.4 Å². The van der Waals surface area contributed by atoms with Gasteiger partial charge in [-0.1, -0.05) is 29.3 Å². The normalized spacial score (nSPS) is 15.4. The Morgan fingerprint density at radius 3 is 2.71 bits per heavy atom. The predicted molar refractivity (Wildman–Crippen MR) is 84.1 cm³/mol. The summed E-state index contributed by atoms with van der Waals surface area (Å²) in [6.45, 7) is 1.17. The van der Waals surface area contributed by atoms with Crippen LogP contribution in [0.3, 0.4) is 0 Å². The second kappa shape index (κ2) is 6.38. The van der Waals surface area contributed by atoms with Gasteiger partial charge in [-0.05, 0) is 17.7 Å².